The Morgan fingerprint density at radius 1 is 0.964 bits per heavy atom. The number of hydrogen-bond donors (Lipinski definition) is 1. The van der Waals surface area contributed by atoms with Crippen LogP contribution in [0.1, 0.15) is 38.4 Å². The summed E-state index contributed by atoms with van der Waals surface area (Å²) in [6, 6.07) is 18.4. The molecule has 6 heteroatoms. The number of benzene rings is 2. The first-order valence-corrected chi connectivity index (χ1v) is 10.7. The highest BCUT2D eigenvalue weighted by Gasteiger charge is 2.20. The topological polar surface area (TPSA) is 68.2 Å². The van der Waals surface area contributed by atoms with E-state index in [0.29, 0.717) is 11.3 Å². The normalized spacial score (nSPS) is 11.5. The summed E-state index contributed by atoms with van der Waals surface area (Å²) in [5, 5.41) is 0. The van der Waals surface area contributed by atoms with Crippen LogP contribution in [-0.2, 0) is 29.4 Å². The van der Waals surface area contributed by atoms with E-state index in [2.05, 4.69) is 4.72 Å². The van der Waals surface area contributed by atoms with Gasteiger partial charge in [0.05, 0.1) is 18.0 Å². The number of rotatable bonds is 7. The van der Waals surface area contributed by atoms with Gasteiger partial charge in [0.25, 0.3) is 0 Å². The van der Waals surface area contributed by atoms with Crippen LogP contribution in [0.4, 0.5) is 0 Å². The fraction of sp³-hybridized carbons (Fsp3) is 0.227. The lowest BCUT2D eigenvalue weighted by molar-refractivity contribution is 0.103. The minimum atomic E-state index is -3.48. The highest BCUT2D eigenvalue weighted by Crippen LogP contribution is 2.20. The SMILES string of the molecule is Cc1ccccc1C(=O)c1c(C)cc(CNS(=O)(=O)Cc2ccccc2)n1C. The van der Waals surface area contributed by atoms with Gasteiger partial charge in [0.1, 0.15) is 0 Å². The Morgan fingerprint density at radius 2 is 1.61 bits per heavy atom. The van der Waals surface area contributed by atoms with Gasteiger partial charge in [-0.15, -0.1) is 0 Å². The molecule has 0 aliphatic carbocycles. The van der Waals surface area contributed by atoms with E-state index in [4.69, 9.17) is 0 Å². The van der Waals surface area contributed by atoms with Crippen molar-refractivity contribution in [2.75, 3.05) is 0 Å². The fourth-order valence-corrected chi connectivity index (χ4v) is 4.41. The Hall–Kier alpha value is -2.70. The lowest BCUT2D eigenvalue weighted by Gasteiger charge is -2.11. The molecule has 0 saturated carbocycles. The van der Waals surface area contributed by atoms with E-state index in [-0.39, 0.29) is 18.1 Å². The van der Waals surface area contributed by atoms with Gasteiger partial charge in [-0.05, 0) is 36.6 Å². The lowest BCUT2D eigenvalue weighted by Crippen LogP contribution is -2.26. The highest BCUT2D eigenvalue weighted by atomic mass is 32.2. The molecule has 0 spiro atoms. The van der Waals surface area contributed by atoms with Crippen LogP contribution < -0.4 is 4.72 Å². The Labute approximate surface area is 166 Å². The van der Waals surface area contributed by atoms with Crippen molar-refractivity contribution in [2.45, 2.75) is 26.1 Å². The monoisotopic (exact) mass is 396 g/mol. The van der Waals surface area contributed by atoms with Gasteiger partial charge in [-0.2, -0.15) is 0 Å². The summed E-state index contributed by atoms with van der Waals surface area (Å²) < 4.78 is 29.2. The van der Waals surface area contributed by atoms with E-state index in [1.54, 1.807) is 23.7 Å². The maximum Gasteiger partial charge on any atom is 0.216 e. The number of carbonyl (C=O) groups excluding carboxylic acids is 1. The van der Waals surface area contributed by atoms with Crippen molar-refractivity contribution in [3.63, 3.8) is 0 Å². The van der Waals surface area contributed by atoms with Crippen molar-refractivity contribution < 1.29 is 13.2 Å². The molecule has 146 valence electrons. The van der Waals surface area contributed by atoms with Crippen LogP contribution in [0.5, 0.6) is 0 Å². The first-order chi connectivity index (χ1) is 13.3. The molecule has 0 bridgehead atoms. The number of aromatic nitrogens is 1. The minimum Gasteiger partial charge on any atom is -0.343 e. The first kappa shape index (κ1) is 20.0. The summed E-state index contributed by atoms with van der Waals surface area (Å²) in [7, 11) is -1.69. The molecule has 1 aromatic heterocycles. The van der Waals surface area contributed by atoms with E-state index in [1.165, 1.54) is 0 Å². The number of ketones is 1. The van der Waals surface area contributed by atoms with Crippen LogP contribution in [-0.4, -0.2) is 18.8 Å². The fourth-order valence-electron chi connectivity index (χ4n) is 3.31. The van der Waals surface area contributed by atoms with E-state index < -0.39 is 10.0 Å². The van der Waals surface area contributed by atoms with Crippen molar-refractivity contribution in [1.29, 1.82) is 0 Å². The molecule has 3 aromatic rings. The Kier molecular flexibility index (Phi) is 5.82. The molecule has 3 rings (SSSR count). The zero-order chi connectivity index (χ0) is 20.3. The molecule has 0 saturated heterocycles. The maximum absolute atomic E-state index is 13.0. The highest BCUT2D eigenvalue weighted by molar-refractivity contribution is 7.88. The van der Waals surface area contributed by atoms with Crippen LogP contribution in [0.2, 0.25) is 0 Å². The van der Waals surface area contributed by atoms with E-state index in [1.807, 2.05) is 62.4 Å². The minimum absolute atomic E-state index is 0.0588. The molecule has 0 unspecified atom stereocenters. The average Bonchev–Trinajstić information content (AvgIpc) is 2.94. The van der Waals surface area contributed by atoms with Crippen LogP contribution in [0.3, 0.4) is 0 Å². The number of sulfonamides is 1. The molecule has 1 N–H and O–H groups in total. The molecule has 0 atom stereocenters. The second kappa shape index (κ2) is 8.12. The Balaban J connectivity index is 1.79. The van der Waals surface area contributed by atoms with Crippen molar-refractivity contribution in [3.05, 3.63) is 94.3 Å². The zero-order valence-electron chi connectivity index (χ0n) is 16.3. The maximum atomic E-state index is 13.0. The van der Waals surface area contributed by atoms with Gasteiger partial charge in [0.15, 0.2) is 0 Å². The van der Waals surface area contributed by atoms with Gasteiger partial charge in [-0.25, -0.2) is 13.1 Å². The summed E-state index contributed by atoms with van der Waals surface area (Å²) in [4.78, 5) is 13.0. The Morgan fingerprint density at radius 3 is 2.29 bits per heavy atom. The summed E-state index contributed by atoms with van der Waals surface area (Å²) >= 11 is 0. The molecule has 28 heavy (non-hydrogen) atoms. The molecule has 2 aromatic carbocycles. The van der Waals surface area contributed by atoms with Crippen molar-refractivity contribution >= 4 is 15.8 Å². The van der Waals surface area contributed by atoms with Crippen molar-refractivity contribution in [2.24, 2.45) is 7.05 Å². The van der Waals surface area contributed by atoms with Crippen LogP contribution in [0.15, 0.2) is 60.7 Å². The van der Waals surface area contributed by atoms with Gasteiger partial charge in [-0.3, -0.25) is 4.79 Å². The molecule has 0 radical (unpaired) electrons. The zero-order valence-corrected chi connectivity index (χ0v) is 17.1. The number of nitrogens with one attached hydrogen (secondary N) is 1. The van der Waals surface area contributed by atoms with Gasteiger partial charge in [-0.1, -0.05) is 54.6 Å². The van der Waals surface area contributed by atoms with Crippen LogP contribution >= 0.6 is 0 Å². The molecule has 5 nitrogen and oxygen atoms in total. The van der Waals surface area contributed by atoms with E-state index in [9.17, 15) is 13.2 Å². The lowest BCUT2D eigenvalue weighted by atomic mass is 10.0. The standard InChI is InChI=1S/C22H24N2O3S/c1-16-9-7-8-12-20(16)22(25)21-17(2)13-19(24(21)3)14-23-28(26,27)15-18-10-5-4-6-11-18/h4-13,23H,14-15H2,1-3H3. The van der Waals surface area contributed by atoms with Crippen molar-refractivity contribution in [1.82, 2.24) is 9.29 Å². The summed E-state index contributed by atoms with van der Waals surface area (Å²) in [6.45, 7) is 3.91. The molecule has 0 fully saturated rings. The average molecular weight is 397 g/mol. The van der Waals surface area contributed by atoms with Gasteiger partial charge >= 0.3 is 0 Å². The predicted octanol–water partition coefficient (Wildman–Crippen LogP) is 3.49. The van der Waals surface area contributed by atoms with Crippen LogP contribution in [0.25, 0.3) is 0 Å². The third-order valence-corrected chi connectivity index (χ3v) is 6.10. The molecule has 0 amide bonds. The Bertz CT molecular complexity index is 1100. The van der Waals surface area contributed by atoms with Gasteiger partial charge in [0, 0.05) is 18.3 Å². The molecular weight excluding hydrogens is 372 g/mol. The molecule has 1 heterocycles. The first-order valence-electron chi connectivity index (χ1n) is 9.05. The van der Waals surface area contributed by atoms with E-state index in [0.717, 1.165) is 22.4 Å². The predicted molar refractivity (Wildman–Crippen MR) is 111 cm³/mol. The number of nitrogens with zero attached hydrogens (tertiary/aromatic N) is 1. The number of hydrogen-bond acceptors (Lipinski definition) is 3. The second-order valence-electron chi connectivity index (χ2n) is 6.94. The second-order valence-corrected chi connectivity index (χ2v) is 8.74. The van der Waals surface area contributed by atoms with E-state index >= 15 is 0 Å². The third kappa shape index (κ3) is 4.40. The smallest absolute Gasteiger partial charge is 0.216 e. The quantitative estimate of drug-likeness (QED) is 0.622. The molecular formula is C22H24N2O3S. The molecule has 0 aliphatic rings. The summed E-state index contributed by atoms with van der Waals surface area (Å²) in [6.07, 6.45) is 0. The summed E-state index contributed by atoms with van der Waals surface area (Å²) in [5.41, 5.74) is 4.44. The van der Waals surface area contributed by atoms with Gasteiger partial charge < -0.3 is 4.57 Å². The number of carbonyl (C=O) groups is 1. The van der Waals surface area contributed by atoms with Crippen molar-refractivity contribution in [3.8, 4) is 0 Å². The van der Waals surface area contributed by atoms with Crippen LogP contribution in [0, 0.1) is 13.8 Å². The summed E-state index contributed by atoms with van der Waals surface area (Å²) in [5.74, 6) is -0.136. The molecule has 0 aliphatic heterocycles. The van der Waals surface area contributed by atoms with Gasteiger partial charge in [0.2, 0.25) is 15.8 Å². The third-order valence-electron chi connectivity index (χ3n) is 4.80. The number of aryl methyl sites for hydroxylation is 2. The largest absolute Gasteiger partial charge is 0.343 e.